The Kier molecular flexibility index (Phi) is 3.86. The second-order valence-corrected chi connectivity index (χ2v) is 6.07. The zero-order valence-electron chi connectivity index (χ0n) is 11.5. The number of amides is 1. The molecule has 2 aliphatic carbocycles. The highest BCUT2D eigenvalue weighted by atomic mass is 16.1. The molecule has 0 heterocycles. The van der Waals surface area contributed by atoms with Crippen molar-refractivity contribution in [1.82, 2.24) is 5.32 Å². The zero-order chi connectivity index (χ0) is 13.1. The number of carbonyl (C=O) groups is 1. The summed E-state index contributed by atoms with van der Waals surface area (Å²) >= 11 is 0. The fourth-order valence-corrected chi connectivity index (χ4v) is 3.20. The van der Waals surface area contributed by atoms with Crippen molar-refractivity contribution in [2.45, 2.75) is 51.0 Å². The third-order valence-electron chi connectivity index (χ3n) is 4.53. The molecule has 102 valence electrons. The normalized spacial score (nSPS) is 21.9. The van der Waals surface area contributed by atoms with Crippen LogP contribution >= 0.6 is 0 Å². The molecule has 3 rings (SSSR count). The highest BCUT2D eigenvalue weighted by molar-refractivity contribution is 5.79. The van der Waals surface area contributed by atoms with Crippen LogP contribution in [0.25, 0.3) is 0 Å². The van der Waals surface area contributed by atoms with Gasteiger partial charge in [0.25, 0.3) is 0 Å². The summed E-state index contributed by atoms with van der Waals surface area (Å²) in [7, 11) is 0. The summed E-state index contributed by atoms with van der Waals surface area (Å²) in [4.78, 5) is 12.4. The molecule has 0 spiro atoms. The van der Waals surface area contributed by atoms with Gasteiger partial charge in [-0.15, -0.1) is 0 Å². The Balaban J connectivity index is 1.66. The van der Waals surface area contributed by atoms with Crippen LogP contribution in [0, 0.1) is 11.8 Å². The molecular formula is C17H23NO. The van der Waals surface area contributed by atoms with Crippen LogP contribution in [0.4, 0.5) is 0 Å². The maximum atomic E-state index is 12.4. The van der Waals surface area contributed by atoms with E-state index in [-0.39, 0.29) is 12.0 Å². The molecule has 1 amide bonds. The second-order valence-electron chi connectivity index (χ2n) is 6.07. The van der Waals surface area contributed by atoms with Crippen molar-refractivity contribution in [3.63, 3.8) is 0 Å². The van der Waals surface area contributed by atoms with Crippen molar-refractivity contribution < 1.29 is 4.79 Å². The Bertz CT molecular complexity index is 418. The van der Waals surface area contributed by atoms with E-state index >= 15 is 0 Å². The number of hydrogen-bond acceptors (Lipinski definition) is 1. The number of carbonyl (C=O) groups excluding carboxylic acids is 1. The first kappa shape index (κ1) is 12.7. The number of rotatable bonds is 4. The maximum Gasteiger partial charge on any atom is 0.223 e. The van der Waals surface area contributed by atoms with Gasteiger partial charge in [0.1, 0.15) is 0 Å². The van der Waals surface area contributed by atoms with Crippen molar-refractivity contribution in [2.24, 2.45) is 11.8 Å². The molecule has 1 unspecified atom stereocenters. The second kappa shape index (κ2) is 5.77. The molecule has 0 radical (unpaired) electrons. The fourth-order valence-electron chi connectivity index (χ4n) is 3.20. The highest BCUT2D eigenvalue weighted by Gasteiger charge is 2.34. The molecule has 1 aromatic carbocycles. The summed E-state index contributed by atoms with van der Waals surface area (Å²) in [6.07, 6.45) is 8.41. The monoisotopic (exact) mass is 257 g/mol. The Labute approximate surface area is 115 Å². The molecule has 1 aromatic rings. The number of benzene rings is 1. The van der Waals surface area contributed by atoms with Crippen molar-refractivity contribution >= 4 is 5.91 Å². The molecular weight excluding hydrogens is 234 g/mol. The fraction of sp³-hybridized carbons (Fsp3) is 0.588. The van der Waals surface area contributed by atoms with Crippen LogP contribution < -0.4 is 5.32 Å². The van der Waals surface area contributed by atoms with Crippen molar-refractivity contribution in [3.05, 3.63) is 35.9 Å². The van der Waals surface area contributed by atoms with E-state index in [2.05, 4.69) is 29.6 Å². The van der Waals surface area contributed by atoms with Crippen molar-refractivity contribution in [3.8, 4) is 0 Å². The third kappa shape index (κ3) is 3.17. The lowest BCUT2D eigenvalue weighted by Gasteiger charge is -2.25. The molecule has 0 aromatic heterocycles. The van der Waals surface area contributed by atoms with Gasteiger partial charge in [0.2, 0.25) is 5.91 Å². The molecule has 0 saturated heterocycles. The molecule has 2 nitrogen and oxygen atoms in total. The van der Waals surface area contributed by atoms with Gasteiger partial charge in [0, 0.05) is 5.92 Å². The quantitative estimate of drug-likeness (QED) is 0.872. The van der Waals surface area contributed by atoms with Crippen LogP contribution in [-0.2, 0) is 4.79 Å². The topological polar surface area (TPSA) is 29.1 Å². The molecule has 2 heteroatoms. The van der Waals surface area contributed by atoms with Gasteiger partial charge in [-0.1, -0.05) is 49.6 Å². The first-order chi connectivity index (χ1) is 9.34. The lowest BCUT2D eigenvalue weighted by atomic mass is 9.88. The average Bonchev–Trinajstić information content (AvgIpc) is 3.31. The molecule has 0 aliphatic heterocycles. The zero-order valence-corrected chi connectivity index (χ0v) is 11.5. The van der Waals surface area contributed by atoms with Crippen LogP contribution in [0.15, 0.2) is 30.3 Å². The predicted molar refractivity (Wildman–Crippen MR) is 76.6 cm³/mol. The SMILES string of the molecule is O=C(NC(c1ccccc1)C1CC1)C1CCCCC1. The van der Waals surface area contributed by atoms with Crippen molar-refractivity contribution in [2.75, 3.05) is 0 Å². The summed E-state index contributed by atoms with van der Waals surface area (Å²) in [5.74, 6) is 1.22. The van der Waals surface area contributed by atoms with E-state index < -0.39 is 0 Å². The first-order valence-corrected chi connectivity index (χ1v) is 7.70. The van der Waals surface area contributed by atoms with E-state index in [9.17, 15) is 4.79 Å². The van der Waals surface area contributed by atoms with E-state index in [0.29, 0.717) is 11.8 Å². The number of hydrogen-bond donors (Lipinski definition) is 1. The summed E-state index contributed by atoms with van der Waals surface area (Å²) in [5.41, 5.74) is 1.27. The van der Waals surface area contributed by atoms with Gasteiger partial charge in [-0.25, -0.2) is 0 Å². The average molecular weight is 257 g/mol. The Morgan fingerprint density at radius 1 is 1.00 bits per heavy atom. The van der Waals surface area contributed by atoms with Crippen LogP contribution in [0.5, 0.6) is 0 Å². The van der Waals surface area contributed by atoms with Crippen LogP contribution in [-0.4, -0.2) is 5.91 Å². The Morgan fingerprint density at radius 3 is 2.32 bits per heavy atom. The van der Waals surface area contributed by atoms with E-state index in [1.165, 1.54) is 37.7 Å². The summed E-state index contributed by atoms with van der Waals surface area (Å²) in [6.45, 7) is 0. The molecule has 1 atom stereocenters. The van der Waals surface area contributed by atoms with Gasteiger partial charge >= 0.3 is 0 Å². The maximum absolute atomic E-state index is 12.4. The van der Waals surface area contributed by atoms with Crippen LogP contribution in [0.3, 0.4) is 0 Å². The van der Waals surface area contributed by atoms with Gasteiger partial charge < -0.3 is 5.32 Å². The first-order valence-electron chi connectivity index (χ1n) is 7.70. The molecule has 19 heavy (non-hydrogen) atoms. The smallest absolute Gasteiger partial charge is 0.223 e. The Hall–Kier alpha value is -1.31. The highest BCUT2D eigenvalue weighted by Crippen LogP contribution is 2.41. The lowest BCUT2D eigenvalue weighted by Crippen LogP contribution is -2.35. The predicted octanol–water partition coefficient (Wildman–Crippen LogP) is 3.83. The van der Waals surface area contributed by atoms with Gasteiger partial charge in [-0.05, 0) is 37.2 Å². The van der Waals surface area contributed by atoms with Crippen molar-refractivity contribution in [1.29, 1.82) is 0 Å². The standard InChI is InChI=1S/C17H23NO/c19-17(15-9-5-2-6-10-15)18-16(14-11-12-14)13-7-3-1-4-8-13/h1,3-4,7-8,14-16H,2,5-6,9-12H2,(H,18,19). The summed E-state index contributed by atoms with van der Waals surface area (Å²) in [6, 6.07) is 10.7. The minimum atomic E-state index is 0.246. The van der Waals surface area contributed by atoms with E-state index in [1.807, 2.05) is 6.07 Å². The largest absolute Gasteiger partial charge is 0.349 e. The molecule has 1 N–H and O–H groups in total. The molecule has 0 bridgehead atoms. The minimum Gasteiger partial charge on any atom is -0.349 e. The summed E-state index contributed by atoms with van der Waals surface area (Å²) < 4.78 is 0. The Morgan fingerprint density at radius 2 is 1.68 bits per heavy atom. The molecule has 2 fully saturated rings. The number of nitrogens with one attached hydrogen (secondary N) is 1. The third-order valence-corrected chi connectivity index (χ3v) is 4.53. The van der Waals surface area contributed by atoms with E-state index in [0.717, 1.165) is 12.8 Å². The molecule has 2 saturated carbocycles. The molecule has 2 aliphatic rings. The summed E-state index contributed by atoms with van der Waals surface area (Å²) in [5, 5.41) is 3.33. The van der Waals surface area contributed by atoms with Crippen LogP contribution in [0.1, 0.15) is 56.6 Å². The van der Waals surface area contributed by atoms with E-state index in [1.54, 1.807) is 0 Å². The van der Waals surface area contributed by atoms with E-state index in [4.69, 9.17) is 0 Å². The minimum absolute atomic E-state index is 0.246. The van der Waals surface area contributed by atoms with Gasteiger partial charge in [0.15, 0.2) is 0 Å². The van der Waals surface area contributed by atoms with Gasteiger partial charge in [0.05, 0.1) is 6.04 Å². The van der Waals surface area contributed by atoms with Gasteiger partial charge in [-0.2, -0.15) is 0 Å². The van der Waals surface area contributed by atoms with Gasteiger partial charge in [-0.3, -0.25) is 4.79 Å². The van der Waals surface area contributed by atoms with Crippen LogP contribution in [0.2, 0.25) is 0 Å². The lowest BCUT2D eigenvalue weighted by molar-refractivity contribution is -0.126.